The summed E-state index contributed by atoms with van der Waals surface area (Å²) < 4.78 is 0. The third kappa shape index (κ3) is 6.68. The molecule has 0 unspecified atom stereocenters. The minimum atomic E-state index is 0.00564. The fraction of sp³-hybridized carbons (Fsp3) is 0.458. The van der Waals surface area contributed by atoms with Crippen LogP contribution in [0, 0.1) is 5.41 Å². The third-order valence-corrected chi connectivity index (χ3v) is 5.31. The van der Waals surface area contributed by atoms with Gasteiger partial charge in [-0.15, -0.1) is 0 Å². The fourth-order valence-electron chi connectivity index (χ4n) is 3.44. The molecule has 0 aliphatic rings. The van der Waals surface area contributed by atoms with E-state index >= 15 is 0 Å². The number of phenols is 1. The lowest BCUT2D eigenvalue weighted by molar-refractivity contribution is -0.122. The number of likely N-dealkylation sites (N-methyl/N-ethyl adjacent to an activating group) is 1. The number of nitrogens with zero attached hydrogens (tertiary/aromatic N) is 1. The first-order chi connectivity index (χ1) is 13.2. The quantitative estimate of drug-likeness (QED) is 0.719. The molecule has 0 aromatic heterocycles. The Bertz CT molecular complexity index is 733. The second-order valence-electron chi connectivity index (χ2n) is 8.83. The van der Waals surface area contributed by atoms with E-state index in [0.29, 0.717) is 13.0 Å². The van der Waals surface area contributed by atoms with Gasteiger partial charge in [-0.05, 0) is 55.1 Å². The summed E-state index contributed by atoms with van der Waals surface area (Å²) in [6.07, 6.45) is 1.29. The highest BCUT2D eigenvalue weighted by Crippen LogP contribution is 2.37. The first-order valence-electron chi connectivity index (χ1n) is 9.93. The van der Waals surface area contributed by atoms with Crippen molar-refractivity contribution in [2.45, 2.75) is 45.6 Å². The van der Waals surface area contributed by atoms with Crippen LogP contribution in [0.1, 0.15) is 44.2 Å². The topological polar surface area (TPSA) is 52.6 Å². The molecule has 0 bridgehead atoms. The molecular weight excluding hydrogens is 348 g/mol. The molecule has 4 heteroatoms. The van der Waals surface area contributed by atoms with Crippen molar-refractivity contribution >= 4 is 5.91 Å². The molecule has 0 aliphatic carbocycles. The molecule has 0 heterocycles. The number of hydrogen-bond acceptors (Lipinski definition) is 3. The largest absolute Gasteiger partial charge is 0.508 e. The molecule has 0 aliphatic heterocycles. The van der Waals surface area contributed by atoms with Crippen LogP contribution in [0.3, 0.4) is 0 Å². The molecule has 0 spiro atoms. The number of hydrogen-bond donors (Lipinski definition) is 2. The zero-order valence-corrected chi connectivity index (χ0v) is 17.8. The number of amides is 1. The van der Waals surface area contributed by atoms with E-state index in [-0.39, 0.29) is 29.0 Å². The Balaban J connectivity index is 1.98. The molecule has 2 N–H and O–H groups in total. The van der Waals surface area contributed by atoms with E-state index in [9.17, 15) is 9.90 Å². The molecule has 2 aromatic carbocycles. The van der Waals surface area contributed by atoms with Crippen molar-refractivity contribution < 1.29 is 9.90 Å². The van der Waals surface area contributed by atoms with Crippen LogP contribution in [0.2, 0.25) is 0 Å². The van der Waals surface area contributed by atoms with Gasteiger partial charge in [0.2, 0.25) is 5.91 Å². The summed E-state index contributed by atoms with van der Waals surface area (Å²) in [6, 6.07) is 17.7. The Labute approximate surface area is 169 Å². The van der Waals surface area contributed by atoms with Gasteiger partial charge in [0.25, 0.3) is 0 Å². The van der Waals surface area contributed by atoms with Crippen molar-refractivity contribution in [3.63, 3.8) is 0 Å². The van der Waals surface area contributed by atoms with Crippen LogP contribution in [0.5, 0.6) is 5.75 Å². The van der Waals surface area contributed by atoms with Gasteiger partial charge in [0.1, 0.15) is 5.75 Å². The van der Waals surface area contributed by atoms with Crippen LogP contribution < -0.4 is 5.32 Å². The van der Waals surface area contributed by atoms with E-state index in [2.05, 4.69) is 43.1 Å². The maximum absolute atomic E-state index is 12.7. The molecule has 0 saturated heterocycles. The Morgan fingerprint density at radius 3 is 2.18 bits per heavy atom. The summed E-state index contributed by atoms with van der Waals surface area (Å²) in [5, 5.41) is 12.6. The van der Waals surface area contributed by atoms with Crippen molar-refractivity contribution in [2.75, 3.05) is 20.6 Å². The van der Waals surface area contributed by atoms with Crippen LogP contribution >= 0.6 is 0 Å². The lowest BCUT2D eigenvalue weighted by Crippen LogP contribution is -2.42. The van der Waals surface area contributed by atoms with Gasteiger partial charge in [-0.25, -0.2) is 0 Å². The number of benzene rings is 2. The second-order valence-corrected chi connectivity index (χ2v) is 8.83. The van der Waals surface area contributed by atoms with Gasteiger partial charge < -0.3 is 15.3 Å². The second kappa shape index (κ2) is 9.74. The van der Waals surface area contributed by atoms with Crippen LogP contribution in [0.25, 0.3) is 0 Å². The summed E-state index contributed by atoms with van der Waals surface area (Å²) in [4.78, 5) is 14.9. The predicted octanol–water partition coefficient (Wildman–Crippen LogP) is 4.20. The molecular formula is C24H34N2O2. The van der Waals surface area contributed by atoms with Gasteiger partial charge in [-0.3, -0.25) is 4.79 Å². The average molecular weight is 383 g/mol. The van der Waals surface area contributed by atoms with Crippen molar-refractivity contribution in [1.29, 1.82) is 0 Å². The van der Waals surface area contributed by atoms with Crippen LogP contribution in [0.15, 0.2) is 54.6 Å². The number of rotatable bonds is 8. The number of aromatic hydroxyl groups is 1. The Hall–Kier alpha value is -2.33. The van der Waals surface area contributed by atoms with E-state index in [0.717, 1.165) is 12.0 Å². The average Bonchev–Trinajstić information content (AvgIpc) is 2.64. The third-order valence-electron chi connectivity index (χ3n) is 5.31. The minimum Gasteiger partial charge on any atom is -0.508 e. The Morgan fingerprint density at radius 1 is 1.04 bits per heavy atom. The molecule has 1 amide bonds. The highest BCUT2D eigenvalue weighted by molar-refractivity contribution is 5.77. The van der Waals surface area contributed by atoms with Crippen LogP contribution in [0.4, 0.5) is 0 Å². The first-order valence-corrected chi connectivity index (χ1v) is 9.93. The summed E-state index contributed by atoms with van der Waals surface area (Å²) in [5.41, 5.74) is 2.35. The smallest absolute Gasteiger partial charge is 0.220 e. The van der Waals surface area contributed by atoms with Crippen LogP contribution in [-0.4, -0.2) is 42.6 Å². The molecule has 2 aromatic rings. The lowest BCUT2D eigenvalue weighted by atomic mass is 9.74. The fourth-order valence-corrected chi connectivity index (χ4v) is 3.44. The van der Waals surface area contributed by atoms with E-state index in [1.54, 1.807) is 12.1 Å². The zero-order chi connectivity index (χ0) is 20.7. The van der Waals surface area contributed by atoms with E-state index in [1.807, 2.05) is 44.4 Å². The molecule has 28 heavy (non-hydrogen) atoms. The number of carbonyl (C=O) groups is 1. The normalized spacial score (nSPS) is 13.9. The summed E-state index contributed by atoms with van der Waals surface area (Å²) >= 11 is 0. The van der Waals surface area contributed by atoms with Crippen molar-refractivity contribution in [2.24, 2.45) is 5.41 Å². The van der Waals surface area contributed by atoms with Crippen molar-refractivity contribution in [3.05, 3.63) is 65.7 Å². The maximum Gasteiger partial charge on any atom is 0.220 e. The highest BCUT2D eigenvalue weighted by Gasteiger charge is 2.28. The van der Waals surface area contributed by atoms with Crippen molar-refractivity contribution in [3.8, 4) is 5.75 Å². The number of carbonyl (C=O) groups excluding carboxylic acids is 1. The van der Waals surface area contributed by atoms with Gasteiger partial charge >= 0.3 is 0 Å². The standard InChI is InChI=1S/C24H34N2O2/c1-24(2,3)22(19-9-7-6-8-10-19)16-23(28)25-17-20(26(4)5)15-18-11-13-21(27)14-12-18/h6-14,20,22,27H,15-17H2,1-5H3,(H,25,28)/t20-,22+/m0/s1. The summed E-state index contributed by atoms with van der Waals surface area (Å²) in [6.45, 7) is 7.15. The van der Waals surface area contributed by atoms with Gasteiger partial charge in [0.05, 0.1) is 0 Å². The number of phenolic OH excluding ortho intramolecular Hbond substituents is 1. The van der Waals surface area contributed by atoms with Crippen LogP contribution in [-0.2, 0) is 11.2 Å². The SMILES string of the molecule is CN(C)[C@H](CNC(=O)C[C@H](c1ccccc1)C(C)(C)C)Cc1ccc(O)cc1. The van der Waals surface area contributed by atoms with Gasteiger partial charge in [0, 0.05) is 19.0 Å². The Kier molecular flexibility index (Phi) is 7.64. The number of nitrogens with one attached hydrogen (secondary N) is 1. The van der Waals surface area contributed by atoms with Gasteiger partial charge in [-0.2, -0.15) is 0 Å². The first kappa shape index (κ1) is 22.0. The molecule has 2 atom stereocenters. The minimum absolute atomic E-state index is 0.00564. The summed E-state index contributed by atoms with van der Waals surface area (Å²) in [7, 11) is 4.05. The van der Waals surface area contributed by atoms with E-state index in [1.165, 1.54) is 5.56 Å². The molecule has 2 rings (SSSR count). The lowest BCUT2D eigenvalue weighted by Gasteiger charge is -2.31. The maximum atomic E-state index is 12.7. The molecule has 4 nitrogen and oxygen atoms in total. The molecule has 152 valence electrons. The predicted molar refractivity (Wildman–Crippen MR) is 116 cm³/mol. The van der Waals surface area contributed by atoms with E-state index in [4.69, 9.17) is 0 Å². The highest BCUT2D eigenvalue weighted by atomic mass is 16.3. The van der Waals surface area contributed by atoms with Crippen molar-refractivity contribution in [1.82, 2.24) is 10.2 Å². The molecule has 0 fully saturated rings. The molecule has 0 radical (unpaired) electrons. The monoisotopic (exact) mass is 382 g/mol. The van der Waals surface area contributed by atoms with E-state index < -0.39 is 0 Å². The molecule has 0 saturated carbocycles. The Morgan fingerprint density at radius 2 is 1.64 bits per heavy atom. The zero-order valence-electron chi connectivity index (χ0n) is 17.8. The van der Waals surface area contributed by atoms with Gasteiger partial charge in [-0.1, -0.05) is 63.2 Å². The van der Waals surface area contributed by atoms with Gasteiger partial charge in [0.15, 0.2) is 0 Å². The summed E-state index contributed by atoms with van der Waals surface area (Å²) in [5.74, 6) is 0.525.